The first-order valence-electron chi connectivity index (χ1n) is 5.97. The number of anilines is 2. The van der Waals surface area contributed by atoms with Crippen LogP contribution in [0, 0.1) is 10.1 Å². The Kier molecular flexibility index (Phi) is 3.78. The quantitative estimate of drug-likeness (QED) is 0.448. The predicted molar refractivity (Wildman–Crippen MR) is 70.4 cm³/mol. The molecule has 1 aliphatic heterocycles. The van der Waals surface area contributed by atoms with Crippen molar-refractivity contribution in [2.24, 2.45) is 0 Å². The highest BCUT2D eigenvalue weighted by atomic mass is 16.6. The maximum Gasteiger partial charge on any atom is 0.276 e. The minimum atomic E-state index is -0.544. The van der Waals surface area contributed by atoms with Crippen molar-refractivity contribution in [2.75, 3.05) is 29.9 Å². The first-order valence-corrected chi connectivity index (χ1v) is 5.97. The molecule has 2 heterocycles. The zero-order valence-electron chi connectivity index (χ0n) is 10.8. The zero-order chi connectivity index (χ0) is 14.7. The summed E-state index contributed by atoms with van der Waals surface area (Å²) in [6.07, 6.45) is 0. The number of piperazine rings is 1. The average Bonchev–Trinajstić information content (AvgIpc) is 2.37. The lowest BCUT2D eigenvalue weighted by Gasteiger charge is -2.26. The Bertz CT molecular complexity index is 558. The van der Waals surface area contributed by atoms with Crippen LogP contribution >= 0.6 is 0 Å². The number of imide groups is 1. The van der Waals surface area contributed by atoms with Gasteiger partial charge in [-0.2, -0.15) is 0 Å². The van der Waals surface area contributed by atoms with Crippen molar-refractivity contribution >= 4 is 29.1 Å². The van der Waals surface area contributed by atoms with E-state index in [9.17, 15) is 19.7 Å². The monoisotopic (exact) mass is 279 g/mol. The second kappa shape index (κ2) is 5.51. The van der Waals surface area contributed by atoms with Crippen LogP contribution in [0.25, 0.3) is 0 Å². The Morgan fingerprint density at radius 2 is 2.05 bits per heavy atom. The molecule has 9 heteroatoms. The van der Waals surface area contributed by atoms with Crippen molar-refractivity contribution in [3.63, 3.8) is 0 Å². The summed E-state index contributed by atoms with van der Waals surface area (Å²) in [6.45, 7) is 2.25. The molecule has 0 aliphatic carbocycles. The van der Waals surface area contributed by atoms with Gasteiger partial charge in [-0.3, -0.25) is 25.0 Å². The Balaban J connectivity index is 2.36. The molecular formula is C11H13N5O4. The van der Waals surface area contributed by atoms with Gasteiger partial charge in [0.25, 0.3) is 5.69 Å². The van der Waals surface area contributed by atoms with E-state index in [0.29, 0.717) is 12.4 Å². The van der Waals surface area contributed by atoms with Crippen LogP contribution in [-0.4, -0.2) is 41.4 Å². The van der Waals surface area contributed by atoms with Gasteiger partial charge in [0.15, 0.2) is 0 Å². The van der Waals surface area contributed by atoms with Gasteiger partial charge in [0.05, 0.1) is 30.1 Å². The second-order valence-corrected chi connectivity index (χ2v) is 4.18. The molecule has 0 atom stereocenters. The second-order valence-electron chi connectivity index (χ2n) is 4.18. The van der Waals surface area contributed by atoms with Gasteiger partial charge >= 0.3 is 0 Å². The van der Waals surface area contributed by atoms with Gasteiger partial charge in [0.2, 0.25) is 11.8 Å². The van der Waals surface area contributed by atoms with E-state index in [2.05, 4.69) is 15.6 Å². The van der Waals surface area contributed by atoms with E-state index < -0.39 is 16.7 Å². The summed E-state index contributed by atoms with van der Waals surface area (Å²) in [4.78, 5) is 38.6. The lowest BCUT2D eigenvalue weighted by Crippen LogP contribution is -2.51. The lowest BCUT2D eigenvalue weighted by atomic mass is 10.3. The van der Waals surface area contributed by atoms with E-state index in [-0.39, 0.29) is 24.6 Å². The molecule has 1 aromatic heterocycles. The Labute approximate surface area is 114 Å². The molecule has 2 amide bonds. The van der Waals surface area contributed by atoms with E-state index in [1.807, 2.05) is 6.92 Å². The van der Waals surface area contributed by atoms with E-state index in [0.717, 1.165) is 0 Å². The number of nitrogens with zero attached hydrogens (tertiary/aromatic N) is 3. The van der Waals surface area contributed by atoms with E-state index in [1.165, 1.54) is 17.0 Å². The van der Waals surface area contributed by atoms with Crippen molar-refractivity contribution in [3.05, 3.63) is 22.2 Å². The lowest BCUT2D eigenvalue weighted by molar-refractivity contribution is -0.384. The van der Waals surface area contributed by atoms with Crippen LogP contribution < -0.4 is 15.5 Å². The number of nitrogens with one attached hydrogen (secondary N) is 2. The summed E-state index contributed by atoms with van der Waals surface area (Å²) in [7, 11) is 0. The summed E-state index contributed by atoms with van der Waals surface area (Å²) in [6, 6.07) is 2.55. The number of carbonyl (C=O) groups is 2. The normalized spacial score (nSPS) is 14.9. The van der Waals surface area contributed by atoms with Gasteiger partial charge < -0.3 is 10.2 Å². The Hall–Kier alpha value is -2.71. The van der Waals surface area contributed by atoms with Gasteiger partial charge in [-0.05, 0) is 6.92 Å². The molecule has 0 saturated carbocycles. The number of pyridine rings is 1. The van der Waals surface area contributed by atoms with Crippen LogP contribution in [0.5, 0.6) is 0 Å². The van der Waals surface area contributed by atoms with Crippen molar-refractivity contribution in [1.82, 2.24) is 10.3 Å². The fraction of sp³-hybridized carbons (Fsp3) is 0.364. The minimum Gasteiger partial charge on any atom is -0.370 e. The molecule has 106 valence electrons. The number of carbonyl (C=O) groups excluding carboxylic acids is 2. The maximum atomic E-state index is 11.3. The molecule has 0 aromatic carbocycles. The summed E-state index contributed by atoms with van der Waals surface area (Å²) >= 11 is 0. The molecule has 0 bridgehead atoms. The number of hydrogen-bond donors (Lipinski definition) is 2. The van der Waals surface area contributed by atoms with Crippen molar-refractivity contribution < 1.29 is 14.5 Å². The standard InChI is InChI=1S/C11H13N5O4/c1-2-12-8-3-7(16(19)20)4-9(13-8)15-5-10(17)14-11(18)6-15/h3-4H,2,5-6H2,1H3,(H,12,13)(H,14,17,18). The summed E-state index contributed by atoms with van der Waals surface area (Å²) in [5, 5.41) is 15.9. The van der Waals surface area contributed by atoms with Crippen molar-refractivity contribution in [2.45, 2.75) is 6.92 Å². The van der Waals surface area contributed by atoms with Crippen LogP contribution in [0.2, 0.25) is 0 Å². The molecule has 2 N–H and O–H groups in total. The van der Waals surface area contributed by atoms with Crippen LogP contribution in [0.1, 0.15) is 6.92 Å². The fourth-order valence-corrected chi connectivity index (χ4v) is 1.84. The third kappa shape index (κ3) is 2.99. The molecule has 9 nitrogen and oxygen atoms in total. The average molecular weight is 279 g/mol. The number of amides is 2. The molecule has 2 rings (SSSR count). The number of rotatable bonds is 4. The van der Waals surface area contributed by atoms with Crippen LogP contribution in [0.15, 0.2) is 12.1 Å². The van der Waals surface area contributed by atoms with Crippen molar-refractivity contribution in [1.29, 1.82) is 0 Å². The molecule has 1 fully saturated rings. The SMILES string of the molecule is CCNc1cc([N+](=O)[O-])cc(N2CC(=O)NC(=O)C2)n1. The fourth-order valence-electron chi connectivity index (χ4n) is 1.84. The van der Waals surface area contributed by atoms with E-state index >= 15 is 0 Å². The first-order chi connectivity index (χ1) is 9.49. The van der Waals surface area contributed by atoms with Crippen LogP contribution in [0.3, 0.4) is 0 Å². The number of aromatic nitrogens is 1. The molecule has 1 aliphatic rings. The topological polar surface area (TPSA) is 117 Å². The van der Waals surface area contributed by atoms with Gasteiger partial charge in [0.1, 0.15) is 11.6 Å². The number of nitro groups is 1. The van der Waals surface area contributed by atoms with Gasteiger partial charge in [-0.25, -0.2) is 4.98 Å². The largest absolute Gasteiger partial charge is 0.370 e. The number of hydrogen-bond acceptors (Lipinski definition) is 7. The Morgan fingerprint density at radius 3 is 2.60 bits per heavy atom. The maximum absolute atomic E-state index is 11.3. The summed E-state index contributed by atoms with van der Waals surface area (Å²) in [5.74, 6) is -0.368. The third-order valence-corrected chi connectivity index (χ3v) is 2.64. The Morgan fingerprint density at radius 1 is 1.40 bits per heavy atom. The third-order valence-electron chi connectivity index (χ3n) is 2.64. The van der Waals surface area contributed by atoms with Gasteiger partial charge in [0, 0.05) is 6.54 Å². The molecule has 0 radical (unpaired) electrons. The highest BCUT2D eigenvalue weighted by Crippen LogP contribution is 2.23. The molecular weight excluding hydrogens is 266 g/mol. The highest BCUT2D eigenvalue weighted by Gasteiger charge is 2.25. The van der Waals surface area contributed by atoms with Gasteiger partial charge in [-0.1, -0.05) is 0 Å². The van der Waals surface area contributed by atoms with Crippen LogP contribution in [0.4, 0.5) is 17.3 Å². The summed E-state index contributed by atoms with van der Waals surface area (Å²) in [5.41, 5.74) is -0.149. The minimum absolute atomic E-state index is 0.0640. The summed E-state index contributed by atoms with van der Waals surface area (Å²) < 4.78 is 0. The molecule has 20 heavy (non-hydrogen) atoms. The van der Waals surface area contributed by atoms with Crippen molar-refractivity contribution in [3.8, 4) is 0 Å². The van der Waals surface area contributed by atoms with E-state index in [1.54, 1.807) is 0 Å². The molecule has 1 aromatic rings. The zero-order valence-corrected chi connectivity index (χ0v) is 10.8. The smallest absolute Gasteiger partial charge is 0.276 e. The first kappa shape index (κ1) is 13.7. The van der Waals surface area contributed by atoms with Gasteiger partial charge in [-0.15, -0.1) is 0 Å². The van der Waals surface area contributed by atoms with Crippen LogP contribution in [-0.2, 0) is 9.59 Å². The predicted octanol–water partition coefficient (Wildman–Crippen LogP) is -0.116. The highest BCUT2D eigenvalue weighted by molar-refractivity contribution is 6.02. The molecule has 0 unspecified atom stereocenters. The molecule has 1 saturated heterocycles. The van der Waals surface area contributed by atoms with E-state index in [4.69, 9.17) is 0 Å². The molecule has 0 spiro atoms.